The van der Waals surface area contributed by atoms with Crippen molar-refractivity contribution in [2.45, 2.75) is 26.2 Å². The summed E-state index contributed by atoms with van der Waals surface area (Å²) in [5.74, 6) is -0.105. The van der Waals surface area contributed by atoms with E-state index in [1.165, 1.54) is 0 Å². The fourth-order valence-corrected chi connectivity index (χ4v) is 2.29. The number of carboxylic acid groups (broad SMARTS) is 1. The number of rotatable bonds is 6. The number of ether oxygens (including phenoxy) is 1. The van der Waals surface area contributed by atoms with E-state index in [1.54, 1.807) is 11.0 Å². The van der Waals surface area contributed by atoms with Crippen LogP contribution in [0, 0.1) is 0 Å². The molecule has 0 radical (unpaired) electrons. The normalized spacial score (nSPS) is 14.3. The zero-order valence-electron chi connectivity index (χ0n) is 12.0. The Balaban J connectivity index is 2.12. The van der Waals surface area contributed by atoms with Crippen LogP contribution in [-0.4, -0.2) is 30.1 Å². The van der Waals surface area contributed by atoms with Crippen LogP contribution >= 0.6 is 0 Å². The molecule has 1 heterocycles. The Kier molecular flexibility index (Phi) is 4.98. The number of hydrogen-bond donors (Lipinski definition) is 1. The summed E-state index contributed by atoms with van der Waals surface area (Å²) in [5, 5.41) is 8.60. The molecule has 21 heavy (non-hydrogen) atoms. The minimum atomic E-state index is -0.879. The van der Waals surface area contributed by atoms with Gasteiger partial charge in [0.25, 0.3) is 0 Å². The molecule has 0 unspecified atom stereocenters. The average molecular weight is 289 g/mol. The molecular weight excluding hydrogens is 270 g/mol. The predicted molar refractivity (Wildman–Crippen MR) is 79.7 cm³/mol. The molecule has 1 aromatic rings. The van der Waals surface area contributed by atoms with Crippen molar-refractivity contribution in [3.8, 4) is 5.75 Å². The minimum Gasteiger partial charge on any atom is -0.493 e. The number of aryl methyl sites for hydroxylation is 1. The van der Waals surface area contributed by atoms with Crippen molar-refractivity contribution >= 4 is 17.6 Å². The summed E-state index contributed by atoms with van der Waals surface area (Å²) in [7, 11) is 0. The maximum Gasteiger partial charge on any atom is 0.306 e. The van der Waals surface area contributed by atoms with Crippen molar-refractivity contribution < 1.29 is 19.4 Å². The zero-order chi connectivity index (χ0) is 15.2. The topological polar surface area (TPSA) is 66.8 Å². The van der Waals surface area contributed by atoms with Crippen LogP contribution in [0.25, 0.3) is 0 Å². The van der Waals surface area contributed by atoms with Gasteiger partial charge in [-0.15, -0.1) is 0 Å². The van der Waals surface area contributed by atoms with E-state index in [0.29, 0.717) is 25.1 Å². The van der Waals surface area contributed by atoms with Crippen molar-refractivity contribution in [2.75, 3.05) is 18.1 Å². The number of aliphatic carboxylic acids is 1. The highest BCUT2D eigenvalue weighted by Gasteiger charge is 2.23. The van der Waals surface area contributed by atoms with Gasteiger partial charge in [0.2, 0.25) is 5.91 Å². The summed E-state index contributed by atoms with van der Waals surface area (Å²) < 4.78 is 5.43. The first kappa shape index (κ1) is 15.1. The third-order valence-corrected chi connectivity index (χ3v) is 3.36. The molecule has 2 rings (SSSR count). The van der Waals surface area contributed by atoms with Gasteiger partial charge in [0, 0.05) is 18.7 Å². The molecule has 0 saturated heterocycles. The standard InChI is InChI=1S/C16H19NO4/c1-2-3-9-17-14-6-5-13(21-10-8-16(19)20)11-12(14)4-7-15(17)18/h2-3,5-6,11H,4,7-10H2,1H3,(H,19,20)/b3-2+. The molecule has 1 N–H and O–H groups in total. The fourth-order valence-electron chi connectivity index (χ4n) is 2.29. The molecule has 5 heteroatoms. The number of carbonyl (C=O) groups is 2. The first-order valence-electron chi connectivity index (χ1n) is 7.01. The highest BCUT2D eigenvalue weighted by molar-refractivity contribution is 5.96. The molecule has 0 saturated carbocycles. The van der Waals surface area contributed by atoms with Gasteiger partial charge < -0.3 is 14.7 Å². The van der Waals surface area contributed by atoms with E-state index >= 15 is 0 Å². The quantitative estimate of drug-likeness (QED) is 0.817. The van der Waals surface area contributed by atoms with Gasteiger partial charge in [0.1, 0.15) is 5.75 Å². The molecule has 0 spiro atoms. The molecule has 0 aromatic heterocycles. The Morgan fingerprint density at radius 3 is 2.95 bits per heavy atom. The second-order valence-corrected chi connectivity index (χ2v) is 4.86. The summed E-state index contributed by atoms with van der Waals surface area (Å²) in [6.07, 6.45) is 5.03. The largest absolute Gasteiger partial charge is 0.493 e. The number of amides is 1. The summed E-state index contributed by atoms with van der Waals surface area (Å²) in [4.78, 5) is 24.2. The summed E-state index contributed by atoms with van der Waals surface area (Å²) >= 11 is 0. The first-order valence-corrected chi connectivity index (χ1v) is 7.01. The Labute approximate surface area is 123 Å². The molecule has 1 amide bonds. The lowest BCUT2D eigenvalue weighted by atomic mass is 10.0. The number of anilines is 1. The van der Waals surface area contributed by atoms with Crippen LogP contribution in [0.3, 0.4) is 0 Å². The second kappa shape index (κ2) is 6.92. The van der Waals surface area contributed by atoms with Crippen LogP contribution in [0.1, 0.15) is 25.3 Å². The lowest BCUT2D eigenvalue weighted by molar-refractivity contribution is -0.137. The SMILES string of the molecule is C/C=C/CN1C(=O)CCc2cc(OCCC(=O)O)ccc21. The lowest BCUT2D eigenvalue weighted by Crippen LogP contribution is -2.35. The monoisotopic (exact) mass is 289 g/mol. The second-order valence-electron chi connectivity index (χ2n) is 4.86. The van der Waals surface area contributed by atoms with Gasteiger partial charge in [-0.05, 0) is 37.1 Å². The first-order chi connectivity index (χ1) is 10.1. The molecule has 112 valence electrons. The number of nitrogens with zero attached hydrogens (tertiary/aromatic N) is 1. The van der Waals surface area contributed by atoms with Crippen LogP contribution in [0.4, 0.5) is 5.69 Å². The third kappa shape index (κ3) is 3.84. The molecule has 5 nitrogen and oxygen atoms in total. The smallest absolute Gasteiger partial charge is 0.306 e. The number of hydrogen-bond acceptors (Lipinski definition) is 3. The molecule has 0 bridgehead atoms. The Bertz CT molecular complexity index is 565. The molecule has 0 fully saturated rings. The van der Waals surface area contributed by atoms with Gasteiger partial charge in [-0.25, -0.2) is 0 Å². The summed E-state index contributed by atoms with van der Waals surface area (Å²) in [6.45, 7) is 2.64. The van der Waals surface area contributed by atoms with Gasteiger partial charge in [-0.3, -0.25) is 9.59 Å². The molecule has 0 atom stereocenters. The van der Waals surface area contributed by atoms with Gasteiger partial charge >= 0.3 is 5.97 Å². The molecular formula is C16H19NO4. The number of carbonyl (C=O) groups excluding carboxylic acids is 1. The van der Waals surface area contributed by atoms with Crippen molar-refractivity contribution in [1.29, 1.82) is 0 Å². The summed E-state index contributed by atoms with van der Waals surface area (Å²) in [5.41, 5.74) is 1.97. The van der Waals surface area contributed by atoms with E-state index in [4.69, 9.17) is 9.84 Å². The van der Waals surface area contributed by atoms with Crippen LogP contribution < -0.4 is 9.64 Å². The zero-order valence-corrected chi connectivity index (χ0v) is 12.0. The summed E-state index contributed by atoms with van der Waals surface area (Å²) in [6, 6.07) is 5.54. The van der Waals surface area contributed by atoms with Crippen molar-refractivity contribution in [3.05, 3.63) is 35.9 Å². The fraction of sp³-hybridized carbons (Fsp3) is 0.375. The highest BCUT2D eigenvalue weighted by Crippen LogP contribution is 2.31. The van der Waals surface area contributed by atoms with Gasteiger partial charge in [-0.2, -0.15) is 0 Å². The van der Waals surface area contributed by atoms with Crippen molar-refractivity contribution in [3.63, 3.8) is 0 Å². The van der Waals surface area contributed by atoms with Crippen LogP contribution in [0.5, 0.6) is 5.75 Å². The van der Waals surface area contributed by atoms with E-state index in [9.17, 15) is 9.59 Å². The molecule has 1 aromatic carbocycles. The Morgan fingerprint density at radius 2 is 2.24 bits per heavy atom. The molecule has 1 aliphatic heterocycles. The number of carboxylic acids is 1. The number of fused-ring (bicyclic) bond motifs is 1. The van der Waals surface area contributed by atoms with Gasteiger partial charge in [-0.1, -0.05) is 12.2 Å². The number of allylic oxidation sites excluding steroid dienone is 1. The Hall–Kier alpha value is -2.30. The van der Waals surface area contributed by atoms with E-state index in [-0.39, 0.29) is 18.9 Å². The average Bonchev–Trinajstić information content (AvgIpc) is 2.46. The van der Waals surface area contributed by atoms with Crippen LogP contribution in [0.15, 0.2) is 30.4 Å². The molecule has 1 aliphatic rings. The van der Waals surface area contributed by atoms with E-state index in [1.807, 2.05) is 31.2 Å². The minimum absolute atomic E-state index is 0.0248. The van der Waals surface area contributed by atoms with E-state index in [0.717, 1.165) is 11.3 Å². The maximum absolute atomic E-state index is 12.0. The molecule has 0 aliphatic carbocycles. The van der Waals surface area contributed by atoms with E-state index in [2.05, 4.69) is 0 Å². The van der Waals surface area contributed by atoms with Crippen molar-refractivity contribution in [1.82, 2.24) is 0 Å². The van der Waals surface area contributed by atoms with Gasteiger partial charge in [0.15, 0.2) is 0 Å². The van der Waals surface area contributed by atoms with Crippen molar-refractivity contribution in [2.24, 2.45) is 0 Å². The number of benzene rings is 1. The van der Waals surface area contributed by atoms with E-state index < -0.39 is 5.97 Å². The third-order valence-electron chi connectivity index (χ3n) is 3.36. The Morgan fingerprint density at radius 1 is 1.43 bits per heavy atom. The lowest BCUT2D eigenvalue weighted by Gasteiger charge is -2.28. The highest BCUT2D eigenvalue weighted by atomic mass is 16.5. The van der Waals surface area contributed by atoms with Gasteiger partial charge in [0.05, 0.1) is 13.0 Å². The van der Waals surface area contributed by atoms with Crippen LogP contribution in [-0.2, 0) is 16.0 Å². The predicted octanol–water partition coefficient (Wildman–Crippen LogP) is 2.40. The maximum atomic E-state index is 12.0. The van der Waals surface area contributed by atoms with Crippen LogP contribution in [0.2, 0.25) is 0 Å².